The average Bonchev–Trinajstić information content (AvgIpc) is 3.34. The summed E-state index contributed by atoms with van der Waals surface area (Å²) in [7, 11) is 2.77. The molecule has 1 aromatic heterocycles. The van der Waals surface area contributed by atoms with Crippen LogP contribution in [0.1, 0.15) is 73.4 Å². The summed E-state index contributed by atoms with van der Waals surface area (Å²) in [5.41, 5.74) is 5.62. The molecule has 1 saturated carbocycles. The Morgan fingerprint density at radius 2 is 1.55 bits per heavy atom. The Bertz CT molecular complexity index is 1420. The minimum Gasteiger partial charge on any atom is -0.489 e. The number of fused-ring (bicyclic) bond motifs is 1. The van der Waals surface area contributed by atoms with Crippen molar-refractivity contribution in [2.45, 2.75) is 65.0 Å². The minimum atomic E-state index is -0.404. The molecule has 0 spiro atoms. The van der Waals surface area contributed by atoms with E-state index in [9.17, 15) is 9.59 Å². The number of nitrogens with zero attached hydrogens (tertiary/aromatic N) is 1. The summed E-state index contributed by atoms with van der Waals surface area (Å²) in [5.74, 6) is 0.404. The summed E-state index contributed by atoms with van der Waals surface area (Å²) in [6.07, 6.45) is 5.80. The average molecular weight is 542 g/mol. The summed E-state index contributed by atoms with van der Waals surface area (Å²) >= 11 is 0. The zero-order valence-corrected chi connectivity index (χ0v) is 23.9. The first kappa shape index (κ1) is 28.9. The van der Waals surface area contributed by atoms with E-state index in [2.05, 4.69) is 12.1 Å². The Hall–Kier alpha value is -4.06. The molecule has 0 saturated heterocycles. The monoisotopic (exact) mass is 541 g/mol. The van der Waals surface area contributed by atoms with Crippen LogP contribution < -0.4 is 4.74 Å². The number of rotatable bonds is 8. The molecule has 210 valence electrons. The van der Waals surface area contributed by atoms with E-state index in [1.54, 1.807) is 0 Å². The molecule has 0 atom stereocenters. The largest absolute Gasteiger partial charge is 0.489 e. The van der Waals surface area contributed by atoms with Crippen LogP contribution in [0.2, 0.25) is 0 Å². The third-order valence-corrected chi connectivity index (χ3v) is 7.43. The SMILES string of the molecule is CC.COC(=O)Cn1c(-c2ccc(OCc3ccccc3)cc2)c(C2CCCCC2)c2ccc(C(=O)OC)cc21. The maximum atomic E-state index is 12.6. The lowest BCUT2D eigenvalue weighted by Gasteiger charge is -2.23. The van der Waals surface area contributed by atoms with Gasteiger partial charge in [-0.3, -0.25) is 4.79 Å². The van der Waals surface area contributed by atoms with Gasteiger partial charge >= 0.3 is 11.9 Å². The predicted octanol–water partition coefficient (Wildman–Crippen LogP) is 7.92. The van der Waals surface area contributed by atoms with Gasteiger partial charge in [0.15, 0.2) is 0 Å². The Balaban J connectivity index is 0.00000181. The molecule has 1 fully saturated rings. The lowest BCUT2D eigenvalue weighted by atomic mass is 9.82. The van der Waals surface area contributed by atoms with E-state index in [4.69, 9.17) is 14.2 Å². The van der Waals surface area contributed by atoms with Crippen molar-refractivity contribution < 1.29 is 23.8 Å². The number of esters is 2. The van der Waals surface area contributed by atoms with Gasteiger partial charge in [0.1, 0.15) is 18.9 Å². The molecule has 3 aromatic carbocycles. The normalized spacial score (nSPS) is 13.3. The highest BCUT2D eigenvalue weighted by Crippen LogP contribution is 2.44. The smallest absolute Gasteiger partial charge is 0.337 e. The third kappa shape index (κ3) is 6.39. The molecule has 5 rings (SSSR count). The van der Waals surface area contributed by atoms with E-state index in [0.717, 1.165) is 46.3 Å². The Labute approximate surface area is 236 Å². The van der Waals surface area contributed by atoms with Gasteiger partial charge in [0.2, 0.25) is 0 Å². The number of hydrogen-bond donors (Lipinski definition) is 0. The van der Waals surface area contributed by atoms with Crippen LogP contribution in [0.15, 0.2) is 72.8 Å². The number of carbonyl (C=O) groups is 2. The molecule has 1 heterocycles. The maximum Gasteiger partial charge on any atom is 0.337 e. The van der Waals surface area contributed by atoms with Crippen LogP contribution in [0.25, 0.3) is 22.2 Å². The number of aromatic nitrogens is 1. The van der Waals surface area contributed by atoms with Crippen molar-refractivity contribution in [3.8, 4) is 17.0 Å². The molecule has 0 unspecified atom stereocenters. The van der Waals surface area contributed by atoms with Crippen molar-refractivity contribution in [1.82, 2.24) is 4.57 Å². The maximum absolute atomic E-state index is 12.6. The molecule has 0 aliphatic heterocycles. The molecular weight excluding hydrogens is 502 g/mol. The van der Waals surface area contributed by atoms with Crippen LogP contribution in [0.5, 0.6) is 5.75 Å². The summed E-state index contributed by atoms with van der Waals surface area (Å²) in [4.78, 5) is 25.0. The molecule has 1 aliphatic carbocycles. The molecule has 0 radical (unpaired) electrons. The molecular formula is C34H39NO5. The number of ether oxygens (including phenoxy) is 3. The number of hydrogen-bond acceptors (Lipinski definition) is 5. The van der Waals surface area contributed by atoms with Crippen LogP contribution in [-0.2, 0) is 27.4 Å². The van der Waals surface area contributed by atoms with Crippen LogP contribution in [-0.4, -0.2) is 30.7 Å². The van der Waals surface area contributed by atoms with E-state index in [0.29, 0.717) is 18.1 Å². The first-order valence-electron chi connectivity index (χ1n) is 14.2. The lowest BCUT2D eigenvalue weighted by Crippen LogP contribution is -2.13. The fraction of sp³-hybridized carbons (Fsp3) is 0.353. The highest BCUT2D eigenvalue weighted by atomic mass is 16.5. The third-order valence-electron chi connectivity index (χ3n) is 7.43. The fourth-order valence-electron chi connectivity index (χ4n) is 5.54. The fourth-order valence-corrected chi connectivity index (χ4v) is 5.54. The van der Waals surface area contributed by atoms with Crippen molar-refractivity contribution in [1.29, 1.82) is 0 Å². The molecule has 1 aliphatic rings. The van der Waals surface area contributed by atoms with Crippen LogP contribution in [0.3, 0.4) is 0 Å². The molecule has 0 N–H and O–H groups in total. The molecule has 4 aromatic rings. The van der Waals surface area contributed by atoms with E-state index < -0.39 is 5.97 Å². The number of carbonyl (C=O) groups excluding carboxylic acids is 2. The van der Waals surface area contributed by atoms with E-state index in [-0.39, 0.29) is 12.5 Å². The van der Waals surface area contributed by atoms with Crippen LogP contribution >= 0.6 is 0 Å². The van der Waals surface area contributed by atoms with Crippen molar-refractivity contribution in [3.05, 3.63) is 89.5 Å². The lowest BCUT2D eigenvalue weighted by molar-refractivity contribution is -0.141. The molecule has 0 bridgehead atoms. The second kappa shape index (κ2) is 13.8. The van der Waals surface area contributed by atoms with Crippen LogP contribution in [0.4, 0.5) is 0 Å². The molecule has 0 amide bonds. The Morgan fingerprint density at radius 3 is 2.20 bits per heavy atom. The van der Waals surface area contributed by atoms with Gasteiger partial charge in [0, 0.05) is 5.39 Å². The predicted molar refractivity (Wildman–Crippen MR) is 159 cm³/mol. The molecule has 6 heteroatoms. The van der Waals surface area contributed by atoms with Crippen LogP contribution in [0, 0.1) is 0 Å². The van der Waals surface area contributed by atoms with Gasteiger partial charge < -0.3 is 18.8 Å². The summed E-state index contributed by atoms with van der Waals surface area (Å²) in [5, 5.41) is 1.06. The van der Waals surface area contributed by atoms with Gasteiger partial charge in [-0.2, -0.15) is 0 Å². The van der Waals surface area contributed by atoms with Crippen molar-refractivity contribution in [3.63, 3.8) is 0 Å². The summed E-state index contributed by atoms with van der Waals surface area (Å²) < 4.78 is 18.1. The second-order valence-electron chi connectivity index (χ2n) is 9.78. The summed E-state index contributed by atoms with van der Waals surface area (Å²) in [6, 6.07) is 23.8. The highest BCUT2D eigenvalue weighted by molar-refractivity contribution is 5.99. The zero-order valence-electron chi connectivity index (χ0n) is 23.9. The number of methoxy groups -OCH3 is 2. The van der Waals surface area contributed by atoms with Gasteiger partial charge in [-0.25, -0.2) is 4.79 Å². The standard InChI is InChI=1S/C32H33NO5.C2H6/c1-36-29(34)20-33-28-19-25(32(35)37-2)15-18-27(28)30(23-11-7-4-8-12-23)31(33)24-13-16-26(17-14-24)38-21-22-9-5-3-6-10-22;1-2/h3,5-6,9-10,13-19,23H,4,7-8,11-12,20-21H2,1-2H3;1-2H3. The minimum absolute atomic E-state index is 0.0476. The van der Waals surface area contributed by atoms with Gasteiger partial charge in [0.05, 0.1) is 31.0 Å². The van der Waals surface area contributed by atoms with Crippen molar-refractivity contribution in [2.75, 3.05) is 14.2 Å². The van der Waals surface area contributed by atoms with E-state index in [1.807, 2.05) is 79.1 Å². The van der Waals surface area contributed by atoms with Gasteiger partial charge in [-0.15, -0.1) is 0 Å². The topological polar surface area (TPSA) is 66.8 Å². The van der Waals surface area contributed by atoms with Crippen molar-refractivity contribution in [2.24, 2.45) is 0 Å². The highest BCUT2D eigenvalue weighted by Gasteiger charge is 2.28. The van der Waals surface area contributed by atoms with Gasteiger partial charge in [0.25, 0.3) is 0 Å². The van der Waals surface area contributed by atoms with Gasteiger partial charge in [-0.05, 0) is 71.8 Å². The van der Waals surface area contributed by atoms with E-state index >= 15 is 0 Å². The summed E-state index contributed by atoms with van der Waals surface area (Å²) in [6.45, 7) is 4.54. The zero-order chi connectivity index (χ0) is 28.5. The van der Waals surface area contributed by atoms with Crippen molar-refractivity contribution >= 4 is 22.8 Å². The molecule has 6 nitrogen and oxygen atoms in total. The first-order chi connectivity index (χ1) is 19.6. The van der Waals surface area contributed by atoms with E-state index in [1.165, 1.54) is 39.0 Å². The molecule has 40 heavy (non-hydrogen) atoms. The second-order valence-corrected chi connectivity index (χ2v) is 9.78. The number of benzene rings is 3. The van der Waals surface area contributed by atoms with Gasteiger partial charge in [-0.1, -0.05) is 69.5 Å². The Kier molecular flexibility index (Phi) is 10.0. The first-order valence-corrected chi connectivity index (χ1v) is 14.2. The Morgan fingerprint density at radius 1 is 0.850 bits per heavy atom. The quantitative estimate of drug-likeness (QED) is 0.212.